The first-order valence-electron chi connectivity index (χ1n) is 8.79. The average molecular weight is 297 g/mol. The predicted molar refractivity (Wildman–Crippen MR) is 83.0 cm³/mol. The molecular weight excluding hydrogens is 266 g/mol. The van der Waals surface area contributed by atoms with Gasteiger partial charge in [0.1, 0.15) is 6.10 Å². The number of amides is 1. The third-order valence-electron chi connectivity index (χ3n) is 5.02. The molecule has 1 amide bonds. The topological polar surface area (TPSA) is 58.6 Å². The lowest BCUT2D eigenvalue weighted by atomic mass is 9.86. The second kappa shape index (κ2) is 8.74. The Balaban J connectivity index is 1.74. The van der Waals surface area contributed by atoms with Gasteiger partial charge in [0.05, 0.1) is 6.10 Å². The zero-order chi connectivity index (χ0) is 15.1. The number of hydrogen-bond donors (Lipinski definition) is 2. The summed E-state index contributed by atoms with van der Waals surface area (Å²) in [6.45, 7) is 2.30. The lowest BCUT2D eigenvalue weighted by Gasteiger charge is -2.31. The van der Waals surface area contributed by atoms with E-state index in [1.54, 1.807) is 0 Å². The summed E-state index contributed by atoms with van der Waals surface area (Å²) in [5.74, 6) is 0.495. The summed E-state index contributed by atoms with van der Waals surface area (Å²) in [4.78, 5) is 12.4. The molecule has 0 heterocycles. The zero-order valence-electron chi connectivity index (χ0n) is 13.4. The smallest absolute Gasteiger partial charge is 0.249 e. The largest absolute Gasteiger partial charge is 0.396 e. The van der Waals surface area contributed by atoms with Crippen molar-refractivity contribution in [3.8, 4) is 0 Å². The number of rotatable bonds is 6. The molecule has 2 saturated carbocycles. The van der Waals surface area contributed by atoms with Gasteiger partial charge >= 0.3 is 0 Å². The molecule has 2 rings (SSSR count). The maximum atomic E-state index is 12.4. The first kappa shape index (κ1) is 16.8. The molecule has 0 aromatic carbocycles. The minimum absolute atomic E-state index is 0.0653. The van der Waals surface area contributed by atoms with E-state index in [1.165, 1.54) is 19.3 Å². The summed E-state index contributed by atoms with van der Waals surface area (Å²) >= 11 is 0. The molecule has 122 valence electrons. The van der Waals surface area contributed by atoms with Crippen LogP contribution in [-0.2, 0) is 9.53 Å². The Morgan fingerprint density at radius 2 is 1.81 bits per heavy atom. The van der Waals surface area contributed by atoms with Crippen molar-refractivity contribution in [1.82, 2.24) is 5.32 Å². The molecule has 2 aliphatic rings. The van der Waals surface area contributed by atoms with Gasteiger partial charge in [0.25, 0.3) is 0 Å². The van der Waals surface area contributed by atoms with Gasteiger partial charge in [0.15, 0.2) is 0 Å². The van der Waals surface area contributed by atoms with E-state index in [0.29, 0.717) is 5.92 Å². The van der Waals surface area contributed by atoms with E-state index in [9.17, 15) is 4.79 Å². The van der Waals surface area contributed by atoms with Crippen LogP contribution in [0.1, 0.15) is 71.1 Å². The molecule has 0 radical (unpaired) electrons. The molecule has 0 aromatic heterocycles. The second-order valence-corrected chi connectivity index (χ2v) is 6.70. The average Bonchev–Trinajstić information content (AvgIpc) is 2.54. The van der Waals surface area contributed by atoms with E-state index in [2.05, 4.69) is 5.32 Å². The molecule has 0 spiro atoms. The third kappa shape index (κ3) is 5.26. The van der Waals surface area contributed by atoms with Gasteiger partial charge in [-0.25, -0.2) is 0 Å². The first-order valence-corrected chi connectivity index (χ1v) is 8.79. The number of aliphatic hydroxyl groups is 1. The van der Waals surface area contributed by atoms with Crippen molar-refractivity contribution < 1.29 is 14.6 Å². The van der Waals surface area contributed by atoms with Crippen LogP contribution in [0, 0.1) is 5.92 Å². The summed E-state index contributed by atoms with van der Waals surface area (Å²) in [6.07, 6.45) is 10.7. The lowest BCUT2D eigenvalue weighted by Crippen LogP contribution is -2.45. The number of aliphatic hydroxyl groups excluding tert-OH is 1. The van der Waals surface area contributed by atoms with Crippen molar-refractivity contribution in [2.75, 3.05) is 6.61 Å². The fraction of sp³-hybridized carbons (Fsp3) is 0.941. The van der Waals surface area contributed by atoms with E-state index in [1.807, 2.05) is 6.92 Å². The number of hydrogen-bond acceptors (Lipinski definition) is 3. The number of nitrogens with one attached hydrogen (secondary N) is 1. The molecule has 2 N–H and O–H groups in total. The highest BCUT2D eigenvalue weighted by molar-refractivity contribution is 5.81. The van der Waals surface area contributed by atoms with Gasteiger partial charge in [-0.2, -0.15) is 0 Å². The van der Waals surface area contributed by atoms with Crippen LogP contribution in [0.4, 0.5) is 0 Å². The van der Waals surface area contributed by atoms with Gasteiger partial charge in [0.2, 0.25) is 5.91 Å². The van der Waals surface area contributed by atoms with Crippen LogP contribution < -0.4 is 5.32 Å². The van der Waals surface area contributed by atoms with E-state index >= 15 is 0 Å². The monoisotopic (exact) mass is 297 g/mol. The summed E-state index contributed by atoms with van der Waals surface area (Å²) in [5, 5.41) is 12.3. The predicted octanol–water partition coefficient (Wildman–Crippen LogP) is 2.78. The standard InChI is InChI=1S/C17H31NO3/c1-2-16(21-15-6-4-3-5-7-15)17(20)18-14-10-8-13(12-19)9-11-14/h13-16,19H,2-12H2,1H3,(H,18,20). The highest BCUT2D eigenvalue weighted by atomic mass is 16.5. The highest BCUT2D eigenvalue weighted by Crippen LogP contribution is 2.25. The quantitative estimate of drug-likeness (QED) is 0.792. The Kier molecular flexibility index (Phi) is 6.97. The van der Waals surface area contributed by atoms with Gasteiger partial charge < -0.3 is 15.2 Å². The zero-order valence-corrected chi connectivity index (χ0v) is 13.4. The van der Waals surface area contributed by atoms with E-state index in [-0.39, 0.29) is 30.8 Å². The van der Waals surface area contributed by atoms with Crippen molar-refractivity contribution in [2.24, 2.45) is 5.92 Å². The number of ether oxygens (including phenoxy) is 1. The molecule has 0 saturated heterocycles. The Hall–Kier alpha value is -0.610. The molecule has 21 heavy (non-hydrogen) atoms. The van der Waals surface area contributed by atoms with Crippen molar-refractivity contribution in [2.45, 2.75) is 89.4 Å². The SMILES string of the molecule is CCC(OC1CCCCC1)C(=O)NC1CCC(CO)CC1. The fourth-order valence-corrected chi connectivity index (χ4v) is 3.56. The summed E-state index contributed by atoms with van der Waals surface area (Å²) in [7, 11) is 0. The highest BCUT2D eigenvalue weighted by Gasteiger charge is 2.27. The normalized spacial score (nSPS) is 29.0. The van der Waals surface area contributed by atoms with E-state index in [0.717, 1.165) is 44.9 Å². The van der Waals surface area contributed by atoms with Gasteiger partial charge in [0, 0.05) is 12.6 Å². The van der Waals surface area contributed by atoms with Crippen molar-refractivity contribution in [3.63, 3.8) is 0 Å². The molecule has 0 bridgehead atoms. The maximum absolute atomic E-state index is 12.4. The number of carbonyl (C=O) groups excluding carboxylic acids is 1. The molecule has 2 fully saturated rings. The molecule has 4 nitrogen and oxygen atoms in total. The Morgan fingerprint density at radius 1 is 1.14 bits per heavy atom. The lowest BCUT2D eigenvalue weighted by molar-refractivity contribution is -0.139. The summed E-state index contributed by atoms with van der Waals surface area (Å²) < 4.78 is 6.03. The second-order valence-electron chi connectivity index (χ2n) is 6.70. The van der Waals surface area contributed by atoms with Crippen molar-refractivity contribution in [1.29, 1.82) is 0 Å². The molecular formula is C17H31NO3. The fourth-order valence-electron chi connectivity index (χ4n) is 3.56. The maximum Gasteiger partial charge on any atom is 0.249 e. The molecule has 2 aliphatic carbocycles. The van der Waals surface area contributed by atoms with Crippen LogP contribution in [0.5, 0.6) is 0 Å². The van der Waals surface area contributed by atoms with Gasteiger partial charge in [-0.15, -0.1) is 0 Å². The molecule has 0 aromatic rings. The Bertz CT molecular complexity index is 307. The number of carbonyl (C=O) groups is 1. The van der Waals surface area contributed by atoms with Gasteiger partial charge in [-0.1, -0.05) is 26.2 Å². The van der Waals surface area contributed by atoms with Crippen LogP contribution in [0.3, 0.4) is 0 Å². The summed E-state index contributed by atoms with van der Waals surface area (Å²) in [6, 6.07) is 0.268. The van der Waals surface area contributed by atoms with E-state index in [4.69, 9.17) is 9.84 Å². The van der Waals surface area contributed by atoms with E-state index < -0.39 is 0 Å². The van der Waals surface area contributed by atoms with Gasteiger partial charge in [-0.05, 0) is 50.9 Å². The third-order valence-corrected chi connectivity index (χ3v) is 5.02. The van der Waals surface area contributed by atoms with Crippen LogP contribution >= 0.6 is 0 Å². The Morgan fingerprint density at radius 3 is 2.38 bits per heavy atom. The van der Waals surface area contributed by atoms with Gasteiger partial charge in [-0.3, -0.25) is 4.79 Å². The van der Waals surface area contributed by atoms with Crippen LogP contribution in [0.25, 0.3) is 0 Å². The minimum Gasteiger partial charge on any atom is -0.396 e. The molecule has 4 heteroatoms. The summed E-state index contributed by atoms with van der Waals surface area (Å²) in [5.41, 5.74) is 0. The van der Waals surface area contributed by atoms with Crippen molar-refractivity contribution >= 4 is 5.91 Å². The van der Waals surface area contributed by atoms with Crippen molar-refractivity contribution in [3.05, 3.63) is 0 Å². The Labute approximate surface area is 128 Å². The van der Waals surface area contributed by atoms with Crippen LogP contribution in [-0.4, -0.2) is 35.9 Å². The van der Waals surface area contributed by atoms with Crippen LogP contribution in [0.15, 0.2) is 0 Å². The molecule has 0 aliphatic heterocycles. The van der Waals surface area contributed by atoms with Crippen LogP contribution in [0.2, 0.25) is 0 Å². The molecule has 1 unspecified atom stereocenters. The first-order chi connectivity index (χ1) is 10.2. The molecule has 1 atom stereocenters. The minimum atomic E-state index is -0.288.